The molecule has 0 radical (unpaired) electrons. The summed E-state index contributed by atoms with van der Waals surface area (Å²) in [6.07, 6.45) is 0. The maximum absolute atomic E-state index is 13.1. The van der Waals surface area contributed by atoms with Crippen molar-refractivity contribution in [3.63, 3.8) is 0 Å². The van der Waals surface area contributed by atoms with Crippen molar-refractivity contribution >= 4 is 11.6 Å². The molecule has 0 spiro atoms. The van der Waals surface area contributed by atoms with E-state index < -0.39 is 0 Å². The predicted octanol–water partition coefficient (Wildman–Crippen LogP) is 0.745. The van der Waals surface area contributed by atoms with Gasteiger partial charge < -0.3 is 15.8 Å². The van der Waals surface area contributed by atoms with Crippen LogP contribution in [-0.4, -0.2) is 43.2 Å². The molecule has 0 saturated carbocycles. The smallest absolute Gasteiger partial charge is 0.239 e. The molecule has 1 fully saturated rings. The number of anilines is 1. The van der Waals surface area contributed by atoms with Crippen LogP contribution >= 0.6 is 0 Å². The lowest BCUT2D eigenvalue weighted by atomic mass is 10.1. The number of benzene rings is 1. The Morgan fingerprint density at radius 2 is 2.40 bits per heavy atom. The highest BCUT2D eigenvalue weighted by Crippen LogP contribution is 2.18. The Labute approximate surface area is 117 Å². The fourth-order valence-electron chi connectivity index (χ4n) is 2.29. The lowest BCUT2D eigenvalue weighted by Crippen LogP contribution is -2.53. The maximum atomic E-state index is 13.1. The number of nitrogens with two attached hydrogens (primary N) is 1. The van der Waals surface area contributed by atoms with Crippen molar-refractivity contribution in [2.24, 2.45) is 0 Å². The number of nitrogen functional groups attached to an aromatic ring is 1. The van der Waals surface area contributed by atoms with E-state index in [2.05, 4.69) is 5.32 Å². The summed E-state index contributed by atoms with van der Waals surface area (Å²) in [5.41, 5.74) is 7.05. The second-order valence-electron chi connectivity index (χ2n) is 4.80. The Kier molecular flexibility index (Phi) is 4.92. The number of carbonyl (C=O) groups excluding carboxylic acids is 1. The van der Waals surface area contributed by atoms with Gasteiger partial charge in [0.05, 0.1) is 13.2 Å². The van der Waals surface area contributed by atoms with Crippen molar-refractivity contribution in [1.29, 1.82) is 0 Å². The van der Waals surface area contributed by atoms with E-state index in [9.17, 15) is 9.18 Å². The number of morpholine rings is 1. The van der Waals surface area contributed by atoms with E-state index in [1.165, 1.54) is 12.1 Å². The number of likely N-dealkylation sites (N-methyl/N-ethyl adjacent to an activating group) is 1. The number of halogens is 1. The number of hydrogen-bond acceptors (Lipinski definition) is 4. The average Bonchev–Trinajstić information content (AvgIpc) is 2.43. The quantitative estimate of drug-likeness (QED) is 0.799. The zero-order valence-electron chi connectivity index (χ0n) is 11.6. The molecule has 1 unspecified atom stereocenters. The number of nitrogens with one attached hydrogen (secondary N) is 1. The summed E-state index contributed by atoms with van der Waals surface area (Å²) in [6, 6.07) is 4.02. The number of hydrogen-bond donors (Lipinski definition) is 2. The van der Waals surface area contributed by atoms with Crippen LogP contribution in [0.4, 0.5) is 10.1 Å². The lowest BCUT2D eigenvalue weighted by molar-refractivity contribution is -0.132. The van der Waals surface area contributed by atoms with Crippen LogP contribution in [0, 0.1) is 5.82 Å². The predicted molar refractivity (Wildman–Crippen MR) is 74.5 cm³/mol. The molecule has 110 valence electrons. The van der Waals surface area contributed by atoms with Crippen LogP contribution in [0.2, 0.25) is 0 Å². The van der Waals surface area contributed by atoms with Crippen LogP contribution in [0.15, 0.2) is 18.2 Å². The first-order valence-electron chi connectivity index (χ1n) is 6.75. The molecule has 3 N–H and O–H groups in total. The first kappa shape index (κ1) is 14.7. The molecule has 1 aliphatic heterocycles. The normalized spacial score (nSPS) is 19.8. The molecule has 6 heteroatoms. The minimum atomic E-state index is -0.353. The fraction of sp³-hybridized carbons (Fsp3) is 0.500. The van der Waals surface area contributed by atoms with Crippen molar-refractivity contribution in [2.75, 3.05) is 32.0 Å². The molecular weight excluding hydrogens is 261 g/mol. The highest BCUT2D eigenvalue weighted by Gasteiger charge is 2.29. The summed E-state index contributed by atoms with van der Waals surface area (Å²) in [6.45, 7) is 4.57. The zero-order chi connectivity index (χ0) is 14.5. The van der Waals surface area contributed by atoms with Crippen LogP contribution in [0.25, 0.3) is 0 Å². The van der Waals surface area contributed by atoms with E-state index in [0.717, 1.165) is 5.56 Å². The minimum Gasteiger partial charge on any atom is -0.398 e. The Balaban J connectivity index is 2.10. The number of rotatable bonds is 4. The maximum Gasteiger partial charge on any atom is 0.239 e. The number of nitrogens with zero attached hydrogens (tertiary/aromatic N) is 1. The molecule has 1 atom stereocenters. The SMILES string of the molecule is CCNC(=O)C1COCCN1Cc1ccc(F)cc1N. The van der Waals surface area contributed by atoms with Gasteiger partial charge in [-0.2, -0.15) is 0 Å². The molecule has 1 aromatic rings. The number of amides is 1. The second-order valence-corrected chi connectivity index (χ2v) is 4.80. The molecule has 5 nitrogen and oxygen atoms in total. The summed E-state index contributed by atoms with van der Waals surface area (Å²) in [5, 5.41) is 2.80. The van der Waals surface area contributed by atoms with E-state index in [0.29, 0.717) is 38.5 Å². The topological polar surface area (TPSA) is 67.6 Å². The second kappa shape index (κ2) is 6.67. The Morgan fingerprint density at radius 1 is 1.60 bits per heavy atom. The van der Waals surface area contributed by atoms with Gasteiger partial charge in [0.1, 0.15) is 11.9 Å². The average molecular weight is 281 g/mol. The first-order valence-corrected chi connectivity index (χ1v) is 6.75. The van der Waals surface area contributed by atoms with Crippen molar-refractivity contribution in [1.82, 2.24) is 10.2 Å². The highest BCUT2D eigenvalue weighted by molar-refractivity contribution is 5.82. The molecule has 2 rings (SSSR count). The molecule has 0 aromatic heterocycles. The van der Waals surface area contributed by atoms with Gasteiger partial charge in [0.15, 0.2) is 0 Å². The van der Waals surface area contributed by atoms with Crippen LogP contribution in [-0.2, 0) is 16.1 Å². The molecule has 1 aliphatic rings. The third kappa shape index (κ3) is 3.46. The summed E-state index contributed by atoms with van der Waals surface area (Å²) < 4.78 is 18.4. The standard InChI is InChI=1S/C14H20FN3O2/c1-2-17-14(19)13-9-20-6-5-18(13)8-10-3-4-11(15)7-12(10)16/h3-4,7,13H,2,5-6,8-9,16H2,1H3,(H,17,19). The van der Waals surface area contributed by atoms with Crippen LogP contribution < -0.4 is 11.1 Å². The molecule has 20 heavy (non-hydrogen) atoms. The van der Waals surface area contributed by atoms with E-state index in [1.807, 2.05) is 11.8 Å². The van der Waals surface area contributed by atoms with Crippen LogP contribution in [0.3, 0.4) is 0 Å². The van der Waals surface area contributed by atoms with Crippen LogP contribution in [0.5, 0.6) is 0 Å². The lowest BCUT2D eigenvalue weighted by Gasteiger charge is -2.34. The molecule has 1 heterocycles. The number of ether oxygens (including phenoxy) is 1. The van der Waals surface area contributed by atoms with Gasteiger partial charge in [-0.1, -0.05) is 6.07 Å². The molecule has 1 aromatic carbocycles. The van der Waals surface area contributed by atoms with Crippen molar-refractivity contribution < 1.29 is 13.9 Å². The Bertz CT molecular complexity index is 481. The fourth-order valence-corrected chi connectivity index (χ4v) is 2.29. The first-order chi connectivity index (χ1) is 9.61. The van der Waals surface area contributed by atoms with Gasteiger partial charge >= 0.3 is 0 Å². The Hall–Kier alpha value is -1.66. The largest absolute Gasteiger partial charge is 0.398 e. The summed E-state index contributed by atoms with van der Waals surface area (Å²) in [5.74, 6) is -0.401. The van der Waals surface area contributed by atoms with Gasteiger partial charge in [-0.15, -0.1) is 0 Å². The molecular formula is C14H20FN3O2. The minimum absolute atomic E-state index is 0.0483. The third-order valence-electron chi connectivity index (χ3n) is 3.37. The monoisotopic (exact) mass is 281 g/mol. The van der Waals surface area contributed by atoms with E-state index in [-0.39, 0.29) is 17.8 Å². The van der Waals surface area contributed by atoms with Crippen molar-refractivity contribution in [2.45, 2.75) is 19.5 Å². The summed E-state index contributed by atoms with van der Waals surface area (Å²) in [4.78, 5) is 14.0. The molecule has 0 aliphatic carbocycles. The van der Waals surface area contributed by atoms with Crippen LogP contribution in [0.1, 0.15) is 12.5 Å². The van der Waals surface area contributed by atoms with E-state index in [1.54, 1.807) is 6.07 Å². The summed E-state index contributed by atoms with van der Waals surface area (Å²) in [7, 11) is 0. The van der Waals surface area contributed by atoms with E-state index in [4.69, 9.17) is 10.5 Å². The molecule has 1 amide bonds. The van der Waals surface area contributed by atoms with Gasteiger partial charge in [0.25, 0.3) is 0 Å². The van der Waals surface area contributed by atoms with Gasteiger partial charge in [-0.05, 0) is 24.6 Å². The van der Waals surface area contributed by atoms with Gasteiger partial charge in [-0.3, -0.25) is 9.69 Å². The molecule has 1 saturated heterocycles. The van der Waals surface area contributed by atoms with Crippen molar-refractivity contribution in [3.05, 3.63) is 29.6 Å². The van der Waals surface area contributed by atoms with E-state index >= 15 is 0 Å². The summed E-state index contributed by atoms with van der Waals surface area (Å²) >= 11 is 0. The van der Waals surface area contributed by atoms with Gasteiger partial charge in [-0.25, -0.2) is 4.39 Å². The zero-order valence-corrected chi connectivity index (χ0v) is 11.6. The highest BCUT2D eigenvalue weighted by atomic mass is 19.1. The Morgan fingerprint density at radius 3 is 3.10 bits per heavy atom. The number of carbonyl (C=O) groups is 1. The van der Waals surface area contributed by atoms with Gasteiger partial charge in [0, 0.05) is 25.3 Å². The van der Waals surface area contributed by atoms with Crippen molar-refractivity contribution in [3.8, 4) is 0 Å². The molecule has 0 bridgehead atoms. The third-order valence-corrected chi connectivity index (χ3v) is 3.37. The van der Waals surface area contributed by atoms with Gasteiger partial charge in [0.2, 0.25) is 5.91 Å².